The van der Waals surface area contributed by atoms with E-state index in [9.17, 15) is 9.59 Å². The van der Waals surface area contributed by atoms with Crippen LogP contribution in [0, 0.1) is 0 Å². The Labute approximate surface area is 187 Å². The average Bonchev–Trinajstić information content (AvgIpc) is 3.27. The van der Waals surface area contributed by atoms with Gasteiger partial charge in [0.1, 0.15) is 0 Å². The molecule has 5 rings (SSSR count). The molecular formula is C24H19N5O2S. The van der Waals surface area contributed by atoms with Crippen molar-refractivity contribution in [1.29, 1.82) is 0 Å². The van der Waals surface area contributed by atoms with Gasteiger partial charge >= 0.3 is 0 Å². The lowest BCUT2D eigenvalue weighted by Crippen LogP contribution is -2.24. The molecule has 0 aliphatic heterocycles. The number of hydrogen-bond acceptors (Lipinski definition) is 5. The van der Waals surface area contributed by atoms with Crippen molar-refractivity contribution >= 4 is 34.3 Å². The summed E-state index contributed by atoms with van der Waals surface area (Å²) in [7, 11) is 0. The van der Waals surface area contributed by atoms with Crippen LogP contribution in [0.3, 0.4) is 0 Å². The monoisotopic (exact) mass is 441 g/mol. The SMILES string of the molecule is O=C(CSc1nnc2n(-c3ccccc3)c(=O)c3ccccc3n12)NCc1ccccc1. The number of fused-ring (bicyclic) bond motifs is 3. The minimum Gasteiger partial charge on any atom is -0.351 e. The molecule has 0 aliphatic carbocycles. The number of para-hydroxylation sites is 2. The van der Waals surface area contributed by atoms with E-state index in [-0.39, 0.29) is 17.2 Å². The maximum absolute atomic E-state index is 13.2. The second-order valence-electron chi connectivity index (χ2n) is 7.16. The van der Waals surface area contributed by atoms with Gasteiger partial charge in [0, 0.05) is 6.54 Å². The molecule has 0 atom stereocenters. The number of nitrogens with one attached hydrogen (secondary N) is 1. The number of aromatic nitrogens is 4. The minimum atomic E-state index is -0.163. The van der Waals surface area contributed by atoms with E-state index >= 15 is 0 Å². The van der Waals surface area contributed by atoms with E-state index in [1.165, 1.54) is 11.8 Å². The van der Waals surface area contributed by atoms with E-state index in [0.29, 0.717) is 34.1 Å². The molecule has 32 heavy (non-hydrogen) atoms. The van der Waals surface area contributed by atoms with E-state index in [1.807, 2.05) is 83.3 Å². The van der Waals surface area contributed by atoms with Crippen LogP contribution in [0.1, 0.15) is 5.56 Å². The molecule has 0 aliphatic rings. The lowest BCUT2D eigenvalue weighted by atomic mass is 10.2. The van der Waals surface area contributed by atoms with Crippen molar-refractivity contribution in [3.8, 4) is 5.69 Å². The molecule has 0 unspecified atom stereocenters. The average molecular weight is 442 g/mol. The van der Waals surface area contributed by atoms with Gasteiger partial charge in [-0.25, -0.2) is 4.57 Å². The number of amides is 1. The number of rotatable bonds is 6. The van der Waals surface area contributed by atoms with Gasteiger partial charge in [0.2, 0.25) is 11.7 Å². The molecule has 0 saturated carbocycles. The normalized spacial score (nSPS) is 11.1. The molecule has 1 N–H and O–H groups in total. The summed E-state index contributed by atoms with van der Waals surface area (Å²) in [6.07, 6.45) is 0. The van der Waals surface area contributed by atoms with Crippen LogP contribution in [-0.2, 0) is 11.3 Å². The third kappa shape index (κ3) is 3.76. The number of thioether (sulfide) groups is 1. The molecule has 158 valence electrons. The highest BCUT2D eigenvalue weighted by Crippen LogP contribution is 2.23. The molecule has 8 heteroatoms. The Kier molecular flexibility index (Phi) is 5.43. The third-order valence-electron chi connectivity index (χ3n) is 5.07. The van der Waals surface area contributed by atoms with Crippen LogP contribution >= 0.6 is 11.8 Å². The molecule has 0 radical (unpaired) electrons. The molecule has 5 aromatic rings. The first kappa shape index (κ1) is 20.0. The summed E-state index contributed by atoms with van der Waals surface area (Å²) in [4.78, 5) is 25.7. The zero-order valence-electron chi connectivity index (χ0n) is 17.0. The van der Waals surface area contributed by atoms with Crippen molar-refractivity contribution in [3.63, 3.8) is 0 Å². The molecule has 2 heterocycles. The van der Waals surface area contributed by atoms with Crippen LogP contribution in [0.25, 0.3) is 22.4 Å². The van der Waals surface area contributed by atoms with Crippen molar-refractivity contribution in [1.82, 2.24) is 24.5 Å². The van der Waals surface area contributed by atoms with Crippen LogP contribution < -0.4 is 10.9 Å². The third-order valence-corrected chi connectivity index (χ3v) is 6.00. The van der Waals surface area contributed by atoms with Gasteiger partial charge < -0.3 is 5.32 Å². The zero-order chi connectivity index (χ0) is 21.9. The Morgan fingerprint density at radius 1 is 0.875 bits per heavy atom. The van der Waals surface area contributed by atoms with E-state index in [2.05, 4.69) is 15.5 Å². The van der Waals surface area contributed by atoms with Gasteiger partial charge in [0.15, 0.2) is 5.16 Å². The van der Waals surface area contributed by atoms with E-state index in [4.69, 9.17) is 0 Å². The quantitative estimate of drug-likeness (QED) is 0.408. The highest BCUT2D eigenvalue weighted by atomic mass is 32.2. The van der Waals surface area contributed by atoms with Crippen molar-refractivity contribution < 1.29 is 4.79 Å². The molecular weight excluding hydrogens is 422 g/mol. The Morgan fingerprint density at radius 3 is 2.34 bits per heavy atom. The summed E-state index contributed by atoms with van der Waals surface area (Å²) in [5, 5.41) is 12.6. The van der Waals surface area contributed by atoms with Gasteiger partial charge in [0.25, 0.3) is 5.56 Å². The smallest absolute Gasteiger partial charge is 0.267 e. The lowest BCUT2D eigenvalue weighted by molar-refractivity contribution is -0.118. The van der Waals surface area contributed by atoms with Crippen molar-refractivity contribution in [2.24, 2.45) is 0 Å². The number of carbonyl (C=O) groups excluding carboxylic acids is 1. The maximum Gasteiger partial charge on any atom is 0.267 e. The van der Waals surface area contributed by atoms with Crippen LogP contribution in [0.2, 0.25) is 0 Å². The number of carbonyl (C=O) groups is 1. The summed E-state index contributed by atoms with van der Waals surface area (Å²) in [5.74, 6) is 0.496. The summed E-state index contributed by atoms with van der Waals surface area (Å²) in [5.41, 5.74) is 2.29. The van der Waals surface area contributed by atoms with Crippen molar-refractivity contribution in [3.05, 3.63) is 101 Å². The lowest BCUT2D eigenvalue weighted by Gasteiger charge is -2.11. The van der Waals surface area contributed by atoms with Gasteiger partial charge in [-0.3, -0.25) is 14.0 Å². The predicted molar refractivity (Wildman–Crippen MR) is 125 cm³/mol. The second-order valence-corrected chi connectivity index (χ2v) is 8.10. The first-order valence-electron chi connectivity index (χ1n) is 10.1. The molecule has 0 spiro atoms. The van der Waals surface area contributed by atoms with Gasteiger partial charge in [-0.1, -0.05) is 72.4 Å². The van der Waals surface area contributed by atoms with E-state index in [0.717, 1.165) is 5.56 Å². The Balaban J connectivity index is 1.49. The summed E-state index contributed by atoms with van der Waals surface area (Å²) >= 11 is 1.29. The zero-order valence-corrected chi connectivity index (χ0v) is 17.8. The Morgan fingerprint density at radius 2 is 1.56 bits per heavy atom. The first-order valence-corrected chi connectivity index (χ1v) is 11.1. The highest BCUT2D eigenvalue weighted by molar-refractivity contribution is 7.99. The molecule has 3 aromatic carbocycles. The van der Waals surface area contributed by atoms with Crippen LogP contribution in [0.4, 0.5) is 0 Å². The Bertz CT molecular complexity index is 1460. The molecule has 0 saturated heterocycles. The van der Waals surface area contributed by atoms with Crippen LogP contribution in [0.5, 0.6) is 0 Å². The van der Waals surface area contributed by atoms with Gasteiger partial charge in [0.05, 0.1) is 22.3 Å². The molecule has 0 fully saturated rings. The number of hydrogen-bond donors (Lipinski definition) is 1. The fourth-order valence-electron chi connectivity index (χ4n) is 3.56. The molecule has 1 amide bonds. The fraction of sp³-hybridized carbons (Fsp3) is 0.0833. The fourth-order valence-corrected chi connectivity index (χ4v) is 4.33. The molecule has 0 bridgehead atoms. The molecule has 2 aromatic heterocycles. The number of nitrogens with zero attached hydrogens (tertiary/aromatic N) is 4. The first-order chi connectivity index (χ1) is 15.7. The summed E-state index contributed by atoms with van der Waals surface area (Å²) in [6, 6.07) is 26.5. The van der Waals surface area contributed by atoms with Gasteiger partial charge in [-0.05, 0) is 29.8 Å². The van der Waals surface area contributed by atoms with Gasteiger partial charge in [-0.15, -0.1) is 10.2 Å². The van der Waals surface area contributed by atoms with Gasteiger partial charge in [-0.2, -0.15) is 0 Å². The standard InChI is InChI=1S/C24H19N5O2S/c30-21(25-15-17-9-3-1-4-10-17)16-32-24-27-26-23-28(18-11-5-2-6-12-18)22(31)19-13-7-8-14-20(19)29(23)24/h1-14H,15-16H2,(H,25,30). The maximum atomic E-state index is 13.2. The summed E-state index contributed by atoms with van der Waals surface area (Å²) < 4.78 is 3.38. The van der Waals surface area contributed by atoms with Crippen LogP contribution in [-0.4, -0.2) is 30.8 Å². The van der Waals surface area contributed by atoms with Crippen molar-refractivity contribution in [2.75, 3.05) is 5.75 Å². The molecule has 7 nitrogen and oxygen atoms in total. The minimum absolute atomic E-state index is 0.101. The number of benzene rings is 3. The topological polar surface area (TPSA) is 81.3 Å². The highest BCUT2D eigenvalue weighted by Gasteiger charge is 2.18. The second kappa shape index (κ2) is 8.68. The van der Waals surface area contributed by atoms with E-state index in [1.54, 1.807) is 10.6 Å². The largest absolute Gasteiger partial charge is 0.351 e. The Hall–Kier alpha value is -3.91. The summed E-state index contributed by atoms with van der Waals surface area (Å²) in [6.45, 7) is 0.470. The van der Waals surface area contributed by atoms with Crippen molar-refractivity contribution in [2.45, 2.75) is 11.7 Å². The van der Waals surface area contributed by atoms with Crippen LogP contribution in [0.15, 0.2) is 94.9 Å². The van der Waals surface area contributed by atoms with E-state index < -0.39 is 0 Å². The predicted octanol–water partition coefficient (Wildman–Crippen LogP) is 3.44.